The summed E-state index contributed by atoms with van der Waals surface area (Å²) < 4.78 is 7.83. The first-order valence-corrected chi connectivity index (χ1v) is 9.79. The monoisotopic (exact) mass is 397 g/mol. The normalized spacial score (nSPS) is 10.6. The number of carbonyl (C=O) groups is 1. The lowest BCUT2D eigenvalue weighted by molar-refractivity contribution is 0.102. The molecule has 0 saturated heterocycles. The van der Waals surface area contributed by atoms with E-state index in [1.165, 1.54) is 0 Å². The number of pyridine rings is 1. The van der Waals surface area contributed by atoms with Gasteiger partial charge in [0.15, 0.2) is 0 Å². The van der Waals surface area contributed by atoms with E-state index in [1.807, 2.05) is 91.2 Å². The number of amides is 1. The van der Waals surface area contributed by atoms with Gasteiger partial charge < -0.3 is 14.6 Å². The summed E-state index contributed by atoms with van der Waals surface area (Å²) in [5.41, 5.74) is 5.26. The second-order valence-corrected chi connectivity index (χ2v) is 7.08. The van der Waals surface area contributed by atoms with Crippen LogP contribution in [0.5, 0.6) is 5.75 Å². The van der Waals surface area contributed by atoms with Gasteiger partial charge in [0.1, 0.15) is 12.4 Å². The highest BCUT2D eigenvalue weighted by Gasteiger charge is 2.17. The van der Waals surface area contributed by atoms with Gasteiger partial charge in [-0.2, -0.15) is 0 Å². The number of aromatic nitrogens is 2. The van der Waals surface area contributed by atoms with E-state index in [9.17, 15) is 4.79 Å². The van der Waals surface area contributed by atoms with Crippen molar-refractivity contribution in [2.24, 2.45) is 0 Å². The van der Waals surface area contributed by atoms with E-state index >= 15 is 0 Å². The van der Waals surface area contributed by atoms with E-state index in [4.69, 9.17) is 4.74 Å². The first-order chi connectivity index (χ1) is 14.6. The lowest BCUT2D eigenvalue weighted by Crippen LogP contribution is -2.13. The Kier molecular flexibility index (Phi) is 5.61. The van der Waals surface area contributed by atoms with Gasteiger partial charge >= 0.3 is 0 Å². The molecule has 0 bridgehead atoms. The summed E-state index contributed by atoms with van der Waals surface area (Å²) in [6.07, 6.45) is 3.52. The number of nitrogens with one attached hydrogen (secondary N) is 1. The molecular formula is C25H23N3O2. The number of hydrogen-bond acceptors (Lipinski definition) is 3. The van der Waals surface area contributed by atoms with Crippen LogP contribution in [0.15, 0.2) is 85.2 Å². The Morgan fingerprint density at radius 2 is 1.77 bits per heavy atom. The van der Waals surface area contributed by atoms with Gasteiger partial charge in [-0.1, -0.05) is 30.3 Å². The number of nitrogens with zero attached hydrogens (tertiary/aromatic N) is 2. The van der Waals surface area contributed by atoms with Crippen LogP contribution in [0, 0.1) is 13.8 Å². The number of carbonyl (C=O) groups excluding carboxylic acids is 1. The topological polar surface area (TPSA) is 56.1 Å². The Balaban J connectivity index is 1.44. The summed E-state index contributed by atoms with van der Waals surface area (Å²) >= 11 is 0. The van der Waals surface area contributed by atoms with Crippen LogP contribution >= 0.6 is 0 Å². The fraction of sp³-hybridized carbons (Fsp3) is 0.120. The van der Waals surface area contributed by atoms with Crippen molar-refractivity contribution in [3.05, 3.63) is 108 Å². The third kappa shape index (κ3) is 4.25. The molecule has 0 saturated carbocycles. The zero-order chi connectivity index (χ0) is 20.9. The molecule has 4 aromatic rings. The Hall–Kier alpha value is -3.86. The lowest BCUT2D eigenvalue weighted by atomic mass is 10.2. The van der Waals surface area contributed by atoms with Gasteiger partial charge in [-0.05, 0) is 61.9 Å². The molecule has 0 aliphatic rings. The van der Waals surface area contributed by atoms with E-state index < -0.39 is 0 Å². The molecular weight excluding hydrogens is 374 g/mol. The van der Waals surface area contributed by atoms with Gasteiger partial charge in [-0.3, -0.25) is 9.78 Å². The van der Waals surface area contributed by atoms with Gasteiger partial charge in [0.05, 0.1) is 17.4 Å². The van der Waals surface area contributed by atoms with Crippen LogP contribution in [0.4, 0.5) is 5.69 Å². The van der Waals surface area contributed by atoms with Crippen LogP contribution in [0.1, 0.15) is 27.3 Å². The molecule has 0 aliphatic carbocycles. The quantitative estimate of drug-likeness (QED) is 0.479. The maximum absolute atomic E-state index is 12.9. The Labute approximate surface area is 176 Å². The summed E-state index contributed by atoms with van der Waals surface area (Å²) in [6.45, 7) is 4.43. The molecule has 4 rings (SSSR count). The number of benzene rings is 2. The molecule has 0 fully saturated rings. The number of ether oxygens (including phenoxy) is 1. The second kappa shape index (κ2) is 8.66. The maximum Gasteiger partial charge on any atom is 0.257 e. The average molecular weight is 397 g/mol. The van der Waals surface area contributed by atoms with Crippen molar-refractivity contribution in [3.63, 3.8) is 0 Å². The van der Waals surface area contributed by atoms with Crippen molar-refractivity contribution < 1.29 is 9.53 Å². The molecule has 2 aromatic carbocycles. The van der Waals surface area contributed by atoms with E-state index in [-0.39, 0.29) is 5.91 Å². The van der Waals surface area contributed by atoms with Crippen molar-refractivity contribution in [1.82, 2.24) is 9.55 Å². The molecule has 0 aliphatic heterocycles. The largest absolute Gasteiger partial charge is 0.489 e. The first-order valence-electron chi connectivity index (χ1n) is 9.79. The smallest absolute Gasteiger partial charge is 0.257 e. The van der Waals surface area contributed by atoms with Crippen LogP contribution in [0.2, 0.25) is 0 Å². The molecule has 5 heteroatoms. The molecule has 150 valence electrons. The van der Waals surface area contributed by atoms with Crippen LogP contribution < -0.4 is 10.1 Å². The molecule has 2 aromatic heterocycles. The fourth-order valence-electron chi connectivity index (χ4n) is 3.45. The Bertz CT molecular complexity index is 1130. The zero-order valence-electron chi connectivity index (χ0n) is 17.0. The van der Waals surface area contributed by atoms with Crippen molar-refractivity contribution in [2.45, 2.75) is 20.5 Å². The molecule has 0 unspecified atom stereocenters. The SMILES string of the molecule is Cc1cc(C(=O)Nc2ccc(OCc3ccccc3)cc2)c(C)n1-c1cccnc1. The van der Waals surface area contributed by atoms with Crippen LogP contribution in [-0.2, 0) is 6.61 Å². The fourth-order valence-corrected chi connectivity index (χ4v) is 3.45. The lowest BCUT2D eigenvalue weighted by Gasteiger charge is -2.10. The highest BCUT2D eigenvalue weighted by Crippen LogP contribution is 2.22. The van der Waals surface area contributed by atoms with Crippen LogP contribution in [0.3, 0.4) is 0 Å². The summed E-state index contributed by atoms with van der Waals surface area (Å²) in [7, 11) is 0. The van der Waals surface area contributed by atoms with E-state index in [0.29, 0.717) is 12.2 Å². The van der Waals surface area contributed by atoms with Crippen LogP contribution in [-0.4, -0.2) is 15.5 Å². The van der Waals surface area contributed by atoms with Crippen LogP contribution in [0.25, 0.3) is 5.69 Å². The minimum Gasteiger partial charge on any atom is -0.489 e. The molecule has 1 N–H and O–H groups in total. The number of hydrogen-bond donors (Lipinski definition) is 1. The first kappa shape index (κ1) is 19.5. The minimum absolute atomic E-state index is 0.142. The third-order valence-corrected chi connectivity index (χ3v) is 4.94. The zero-order valence-corrected chi connectivity index (χ0v) is 17.0. The molecule has 1 amide bonds. The molecule has 0 spiro atoms. The van der Waals surface area contributed by atoms with E-state index in [0.717, 1.165) is 34.1 Å². The van der Waals surface area contributed by atoms with Gasteiger partial charge in [0, 0.05) is 23.3 Å². The molecule has 0 atom stereocenters. The summed E-state index contributed by atoms with van der Waals surface area (Å²) in [6, 6.07) is 23.2. The van der Waals surface area contributed by atoms with Gasteiger partial charge in [0.2, 0.25) is 0 Å². The summed E-state index contributed by atoms with van der Waals surface area (Å²) in [5.74, 6) is 0.614. The Morgan fingerprint density at radius 3 is 2.47 bits per heavy atom. The maximum atomic E-state index is 12.9. The van der Waals surface area contributed by atoms with Crippen molar-refractivity contribution in [3.8, 4) is 11.4 Å². The van der Waals surface area contributed by atoms with E-state index in [1.54, 1.807) is 12.4 Å². The average Bonchev–Trinajstić information content (AvgIpc) is 3.08. The predicted molar refractivity (Wildman–Crippen MR) is 118 cm³/mol. The van der Waals surface area contributed by atoms with Gasteiger partial charge in [-0.15, -0.1) is 0 Å². The second-order valence-electron chi connectivity index (χ2n) is 7.08. The molecule has 5 nitrogen and oxygen atoms in total. The molecule has 30 heavy (non-hydrogen) atoms. The predicted octanol–water partition coefficient (Wildman–Crippen LogP) is 5.32. The number of anilines is 1. The highest BCUT2D eigenvalue weighted by molar-refractivity contribution is 6.05. The number of aryl methyl sites for hydroxylation is 1. The van der Waals surface area contributed by atoms with Crippen molar-refractivity contribution in [2.75, 3.05) is 5.32 Å². The Morgan fingerprint density at radius 1 is 1.00 bits per heavy atom. The number of rotatable bonds is 6. The van der Waals surface area contributed by atoms with E-state index in [2.05, 4.69) is 10.3 Å². The minimum atomic E-state index is -0.142. The van der Waals surface area contributed by atoms with Crippen molar-refractivity contribution in [1.29, 1.82) is 0 Å². The van der Waals surface area contributed by atoms with Crippen molar-refractivity contribution >= 4 is 11.6 Å². The van der Waals surface area contributed by atoms with Gasteiger partial charge in [0.25, 0.3) is 5.91 Å². The van der Waals surface area contributed by atoms with Gasteiger partial charge in [-0.25, -0.2) is 0 Å². The summed E-state index contributed by atoms with van der Waals surface area (Å²) in [4.78, 5) is 17.0. The molecule has 2 heterocycles. The highest BCUT2D eigenvalue weighted by atomic mass is 16.5. The summed E-state index contributed by atoms with van der Waals surface area (Å²) in [5, 5.41) is 2.97. The molecule has 0 radical (unpaired) electrons. The third-order valence-electron chi connectivity index (χ3n) is 4.94. The standard InChI is InChI=1S/C25H23N3O2/c1-18-15-24(19(2)28(18)22-9-6-14-26-16-22)25(29)27-21-10-12-23(13-11-21)30-17-20-7-4-3-5-8-20/h3-16H,17H2,1-2H3,(H,27,29).